The van der Waals surface area contributed by atoms with Gasteiger partial charge in [-0.25, -0.2) is 13.8 Å². The minimum Gasteiger partial charge on any atom is -0.368 e. The molecule has 108 valence electrons. The van der Waals surface area contributed by atoms with Gasteiger partial charge in [0.05, 0.1) is 6.54 Å². The van der Waals surface area contributed by atoms with Crippen molar-refractivity contribution in [1.29, 1.82) is 0 Å². The highest BCUT2D eigenvalue weighted by Gasteiger charge is 2.12. The molecule has 20 heavy (non-hydrogen) atoms. The molecule has 0 radical (unpaired) electrons. The standard InChI is InChI=1S/C14H17F2N3S/c1-3-5-17-13-10(15)7-11(16)14(19-13)18-8-12-9(2)4-6-20-12/h4,6-7H,3,5,8H2,1-2H3,(H2,17,18,19). The molecule has 0 aromatic carbocycles. The summed E-state index contributed by atoms with van der Waals surface area (Å²) in [7, 11) is 0. The molecular formula is C14H17F2N3S. The van der Waals surface area contributed by atoms with E-state index in [-0.39, 0.29) is 11.6 Å². The lowest BCUT2D eigenvalue weighted by Crippen LogP contribution is -2.09. The molecule has 0 amide bonds. The number of nitrogens with zero attached hydrogens (tertiary/aromatic N) is 1. The highest BCUT2D eigenvalue weighted by atomic mass is 32.1. The number of pyridine rings is 1. The maximum atomic E-state index is 13.7. The summed E-state index contributed by atoms with van der Waals surface area (Å²) < 4.78 is 27.2. The number of halogens is 2. The molecule has 2 aromatic rings. The first-order valence-corrected chi connectivity index (χ1v) is 7.36. The summed E-state index contributed by atoms with van der Waals surface area (Å²) in [6.07, 6.45) is 0.843. The summed E-state index contributed by atoms with van der Waals surface area (Å²) in [5, 5.41) is 7.74. The van der Waals surface area contributed by atoms with Crippen molar-refractivity contribution in [1.82, 2.24) is 4.98 Å². The maximum Gasteiger partial charge on any atom is 0.168 e. The highest BCUT2D eigenvalue weighted by molar-refractivity contribution is 7.10. The first-order valence-electron chi connectivity index (χ1n) is 6.48. The van der Waals surface area contributed by atoms with Crippen molar-refractivity contribution < 1.29 is 8.78 Å². The average molecular weight is 297 g/mol. The molecule has 0 fully saturated rings. The van der Waals surface area contributed by atoms with E-state index in [1.807, 2.05) is 25.3 Å². The van der Waals surface area contributed by atoms with E-state index >= 15 is 0 Å². The van der Waals surface area contributed by atoms with Gasteiger partial charge in [-0.3, -0.25) is 0 Å². The molecule has 0 spiro atoms. The van der Waals surface area contributed by atoms with Crippen LogP contribution in [-0.4, -0.2) is 11.5 Å². The van der Waals surface area contributed by atoms with Crippen LogP contribution in [0.1, 0.15) is 23.8 Å². The number of anilines is 2. The first kappa shape index (κ1) is 14.7. The van der Waals surface area contributed by atoms with Crippen LogP contribution in [0, 0.1) is 18.6 Å². The Morgan fingerprint density at radius 1 is 1.20 bits per heavy atom. The smallest absolute Gasteiger partial charge is 0.168 e. The number of hydrogen-bond donors (Lipinski definition) is 2. The van der Waals surface area contributed by atoms with Crippen LogP contribution < -0.4 is 10.6 Å². The summed E-state index contributed by atoms with van der Waals surface area (Å²) >= 11 is 1.59. The van der Waals surface area contributed by atoms with E-state index in [9.17, 15) is 8.78 Å². The minimum atomic E-state index is -0.682. The zero-order valence-corrected chi connectivity index (χ0v) is 12.3. The predicted molar refractivity (Wildman–Crippen MR) is 79.3 cm³/mol. The Labute approximate surface area is 121 Å². The van der Waals surface area contributed by atoms with Crippen LogP contribution >= 0.6 is 11.3 Å². The molecule has 0 saturated heterocycles. The number of rotatable bonds is 6. The molecule has 0 bridgehead atoms. The van der Waals surface area contributed by atoms with Crippen LogP contribution in [0.25, 0.3) is 0 Å². The predicted octanol–water partition coefficient (Wildman–Crippen LogP) is 4.16. The molecule has 0 aliphatic rings. The second-order valence-electron chi connectivity index (χ2n) is 4.46. The maximum absolute atomic E-state index is 13.7. The first-order chi connectivity index (χ1) is 9.61. The van der Waals surface area contributed by atoms with Gasteiger partial charge >= 0.3 is 0 Å². The fourth-order valence-corrected chi connectivity index (χ4v) is 2.55. The number of nitrogens with one attached hydrogen (secondary N) is 2. The van der Waals surface area contributed by atoms with Crippen molar-refractivity contribution in [3.8, 4) is 0 Å². The molecular weight excluding hydrogens is 280 g/mol. The number of hydrogen-bond acceptors (Lipinski definition) is 4. The molecule has 0 atom stereocenters. The van der Waals surface area contributed by atoms with Crippen molar-refractivity contribution in [2.75, 3.05) is 17.2 Å². The Bertz CT molecular complexity index is 584. The van der Waals surface area contributed by atoms with Crippen molar-refractivity contribution in [3.63, 3.8) is 0 Å². The molecule has 0 unspecified atom stereocenters. The Morgan fingerprint density at radius 3 is 2.50 bits per heavy atom. The van der Waals surface area contributed by atoms with E-state index < -0.39 is 11.6 Å². The quantitative estimate of drug-likeness (QED) is 0.840. The van der Waals surface area contributed by atoms with Crippen molar-refractivity contribution >= 4 is 23.0 Å². The molecule has 0 aliphatic carbocycles. The van der Waals surface area contributed by atoms with Crippen molar-refractivity contribution in [2.45, 2.75) is 26.8 Å². The second-order valence-corrected chi connectivity index (χ2v) is 5.46. The van der Waals surface area contributed by atoms with Crippen LogP contribution in [0.5, 0.6) is 0 Å². The number of aromatic nitrogens is 1. The van der Waals surface area contributed by atoms with Gasteiger partial charge in [0, 0.05) is 17.5 Å². The molecule has 6 heteroatoms. The molecule has 2 aromatic heterocycles. The summed E-state index contributed by atoms with van der Waals surface area (Å²) in [4.78, 5) is 5.08. The molecule has 2 heterocycles. The fourth-order valence-electron chi connectivity index (χ4n) is 1.71. The van der Waals surface area contributed by atoms with Gasteiger partial charge < -0.3 is 10.6 Å². The Kier molecular flexibility index (Phi) is 4.89. The van der Waals surface area contributed by atoms with E-state index in [1.54, 1.807) is 11.3 Å². The summed E-state index contributed by atoms with van der Waals surface area (Å²) in [6.45, 7) is 5.04. The van der Waals surface area contributed by atoms with Crippen LogP contribution in [0.15, 0.2) is 17.5 Å². The third-order valence-electron chi connectivity index (χ3n) is 2.86. The normalized spacial score (nSPS) is 10.6. The molecule has 2 N–H and O–H groups in total. The Morgan fingerprint density at radius 2 is 1.90 bits per heavy atom. The van der Waals surface area contributed by atoms with Gasteiger partial charge in [-0.1, -0.05) is 6.92 Å². The van der Waals surface area contributed by atoms with E-state index in [4.69, 9.17) is 0 Å². The number of aryl methyl sites for hydroxylation is 1. The van der Waals surface area contributed by atoms with E-state index in [1.165, 1.54) is 0 Å². The second kappa shape index (κ2) is 6.65. The van der Waals surface area contributed by atoms with Gasteiger partial charge in [0.15, 0.2) is 23.3 Å². The average Bonchev–Trinajstić information content (AvgIpc) is 2.82. The molecule has 3 nitrogen and oxygen atoms in total. The third-order valence-corrected chi connectivity index (χ3v) is 3.88. The minimum absolute atomic E-state index is 0.0674. The van der Waals surface area contributed by atoms with Crippen molar-refractivity contribution in [2.24, 2.45) is 0 Å². The monoisotopic (exact) mass is 297 g/mol. The zero-order chi connectivity index (χ0) is 14.5. The van der Waals surface area contributed by atoms with Gasteiger partial charge in [0.25, 0.3) is 0 Å². The lowest BCUT2D eigenvalue weighted by atomic mass is 10.3. The van der Waals surface area contributed by atoms with Gasteiger partial charge in [-0.15, -0.1) is 11.3 Å². The van der Waals surface area contributed by atoms with Crippen molar-refractivity contribution in [3.05, 3.63) is 39.6 Å². The van der Waals surface area contributed by atoms with E-state index in [2.05, 4.69) is 15.6 Å². The lowest BCUT2D eigenvalue weighted by Gasteiger charge is -2.10. The van der Waals surface area contributed by atoms with E-state index in [0.717, 1.165) is 22.9 Å². The number of thiophene rings is 1. The van der Waals surface area contributed by atoms with Crippen LogP contribution in [0.2, 0.25) is 0 Å². The third kappa shape index (κ3) is 3.45. The Hall–Kier alpha value is -1.69. The Balaban J connectivity index is 2.12. The highest BCUT2D eigenvalue weighted by Crippen LogP contribution is 2.21. The van der Waals surface area contributed by atoms with Gasteiger partial charge in [0.2, 0.25) is 0 Å². The van der Waals surface area contributed by atoms with E-state index in [0.29, 0.717) is 13.1 Å². The van der Waals surface area contributed by atoms with Gasteiger partial charge in [-0.2, -0.15) is 0 Å². The lowest BCUT2D eigenvalue weighted by molar-refractivity contribution is 0.578. The summed E-state index contributed by atoms with van der Waals surface area (Å²) in [5.41, 5.74) is 1.15. The van der Waals surface area contributed by atoms with Gasteiger partial charge in [-0.05, 0) is 30.4 Å². The largest absolute Gasteiger partial charge is 0.368 e. The van der Waals surface area contributed by atoms with Crippen LogP contribution in [0.3, 0.4) is 0 Å². The van der Waals surface area contributed by atoms with Crippen LogP contribution in [0.4, 0.5) is 20.4 Å². The van der Waals surface area contributed by atoms with Gasteiger partial charge in [0.1, 0.15) is 0 Å². The molecule has 2 rings (SSSR count). The molecule has 0 saturated carbocycles. The van der Waals surface area contributed by atoms with Crippen LogP contribution in [-0.2, 0) is 6.54 Å². The SMILES string of the molecule is CCCNc1nc(NCc2sccc2C)c(F)cc1F. The summed E-state index contributed by atoms with van der Waals surface area (Å²) in [6, 6.07) is 2.86. The topological polar surface area (TPSA) is 37.0 Å². The molecule has 0 aliphatic heterocycles. The summed E-state index contributed by atoms with van der Waals surface area (Å²) in [5.74, 6) is -1.20. The fraction of sp³-hybridized carbons (Fsp3) is 0.357. The zero-order valence-electron chi connectivity index (χ0n) is 11.5.